The van der Waals surface area contributed by atoms with Gasteiger partial charge in [-0.15, -0.1) is 11.3 Å². The average Bonchev–Trinajstić information content (AvgIpc) is 3.95. The number of nitriles is 1. The molecule has 2 saturated heterocycles. The number of benzene rings is 1. The summed E-state index contributed by atoms with van der Waals surface area (Å²) in [6.07, 6.45) is 7.36. The number of hydrogen-bond donors (Lipinski definition) is 0. The van der Waals surface area contributed by atoms with Crippen molar-refractivity contribution in [1.29, 1.82) is 5.26 Å². The molecular formula is C50H69F5N4O2S. The van der Waals surface area contributed by atoms with E-state index in [0.29, 0.717) is 22.9 Å². The lowest BCUT2D eigenvalue weighted by molar-refractivity contribution is -0.112. The maximum atomic E-state index is 17.2. The lowest BCUT2D eigenvalue weighted by Gasteiger charge is -2.37. The summed E-state index contributed by atoms with van der Waals surface area (Å²) < 4.78 is 83.2. The standard InChI is InChI=1S/C38H48F5N3OS.C8H15N.C4H6O/c1-11-14-31(47-10)45-35-26(24(8)46(9)30(23(7)13-3)18-15-22(6)12-2)19-28(38(41,42)43)33(34(35)40)25-16-17-29(39)37-32(25)27(20-44)36(48-37)21(4)5;1-7-5-8-3-2-4-9(8)6-7;1-3-4(2)5/h14,16-17,19,21-23,30H,11-13,15,18H2,1-10H3;7-8H,2-6H2,1H3;3H,1H2,2H3/b26-24+,31-14-,45-35+;;/t22?,23-,30?;7-,8?;/m11./s1. The van der Waals surface area contributed by atoms with Crippen molar-refractivity contribution in [1.82, 2.24) is 9.80 Å². The second kappa shape index (κ2) is 23.6. The third-order valence-corrected chi connectivity index (χ3v) is 14.0. The summed E-state index contributed by atoms with van der Waals surface area (Å²) in [5, 5.41) is 10.1. The zero-order valence-corrected chi connectivity index (χ0v) is 39.8. The Morgan fingerprint density at radius 3 is 2.31 bits per heavy atom. The molecule has 6 nitrogen and oxygen atoms in total. The molecule has 0 N–H and O–H groups in total. The minimum Gasteiger partial charge on any atom is -0.481 e. The van der Waals surface area contributed by atoms with E-state index in [1.54, 1.807) is 13.0 Å². The molecule has 5 atom stereocenters. The van der Waals surface area contributed by atoms with E-state index >= 15 is 22.0 Å². The van der Waals surface area contributed by atoms with Crippen LogP contribution in [0, 0.1) is 34.9 Å². The second-order valence-electron chi connectivity index (χ2n) is 17.4. The Labute approximate surface area is 372 Å². The lowest BCUT2D eigenvalue weighted by Crippen LogP contribution is -2.37. The Hall–Kier alpha value is -4.08. The molecule has 2 aromatic rings. The molecule has 2 fully saturated rings. The minimum absolute atomic E-state index is 0.00600. The number of rotatable bonds is 14. The maximum Gasteiger partial charge on any atom is 0.417 e. The Bertz CT molecular complexity index is 2070. The molecule has 0 amide bonds. The topological polar surface area (TPSA) is 68.9 Å². The highest BCUT2D eigenvalue weighted by atomic mass is 32.1. The van der Waals surface area contributed by atoms with Crippen molar-refractivity contribution in [3.8, 4) is 6.07 Å². The smallest absolute Gasteiger partial charge is 0.417 e. The van der Waals surface area contributed by atoms with Crippen LogP contribution in [0.25, 0.3) is 15.7 Å². The molecule has 5 rings (SSSR count). The van der Waals surface area contributed by atoms with E-state index in [1.807, 2.05) is 32.7 Å². The number of thiophene rings is 1. The Morgan fingerprint density at radius 1 is 1.13 bits per heavy atom. The van der Waals surface area contributed by atoms with Crippen molar-refractivity contribution in [3.05, 3.63) is 87.3 Å². The van der Waals surface area contributed by atoms with Crippen LogP contribution in [0.1, 0.15) is 143 Å². The van der Waals surface area contributed by atoms with Gasteiger partial charge in [0.2, 0.25) is 5.88 Å². The maximum absolute atomic E-state index is 17.2. The molecule has 1 aromatic carbocycles. The van der Waals surface area contributed by atoms with Gasteiger partial charge in [-0.05, 0) is 112 Å². The molecule has 0 spiro atoms. The van der Waals surface area contributed by atoms with Crippen LogP contribution in [-0.4, -0.2) is 66.8 Å². The number of ether oxygens (including phenoxy) is 1. The number of allylic oxidation sites excluding steroid dienone is 8. The highest BCUT2D eigenvalue weighted by Crippen LogP contribution is 2.49. The summed E-state index contributed by atoms with van der Waals surface area (Å²) in [5.74, 6) is -0.384. The van der Waals surface area contributed by atoms with E-state index in [4.69, 9.17) is 4.74 Å². The van der Waals surface area contributed by atoms with Gasteiger partial charge in [-0.2, -0.15) is 18.4 Å². The summed E-state index contributed by atoms with van der Waals surface area (Å²) >= 11 is 1.000. The Kier molecular flexibility index (Phi) is 19.9. The second-order valence-corrected chi connectivity index (χ2v) is 18.4. The first kappa shape index (κ1) is 52.3. The van der Waals surface area contributed by atoms with Gasteiger partial charge in [-0.1, -0.05) is 80.9 Å². The van der Waals surface area contributed by atoms with Crippen molar-refractivity contribution >= 4 is 38.5 Å². The first-order valence-electron chi connectivity index (χ1n) is 22.2. The summed E-state index contributed by atoms with van der Waals surface area (Å²) in [4.78, 5) is 19.3. The molecule has 3 aliphatic rings. The third-order valence-electron chi connectivity index (χ3n) is 12.5. The zero-order valence-electron chi connectivity index (χ0n) is 39.0. The van der Waals surface area contributed by atoms with Gasteiger partial charge in [-0.25, -0.2) is 13.8 Å². The van der Waals surface area contributed by atoms with Crippen molar-refractivity contribution in [2.45, 2.75) is 145 Å². The number of nitrogens with zero attached hydrogens (tertiary/aromatic N) is 4. The summed E-state index contributed by atoms with van der Waals surface area (Å²) in [5.41, 5.74) is -2.08. The number of halogens is 5. The number of hydrogen-bond acceptors (Lipinski definition) is 7. The molecule has 0 bridgehead atoms. The number of fused-ring (bicyclic) bond motifs is 2. The van der Waals surface area contributed by atoms with Gasteiger partial charge in [-0.3, -0.25) is 4.79 Å². The van der Waals surface area contributed by atoms with Crippen LogP contribution >= 0.6 is 11.3 Å². The Balaban J connectivity index is 0.000000613. The molecule has 3 unspecified atom stereocenters. The van der Waals surface area contributed by atoms with E-state index in [0.717, 1.165) is 67.2 Å². The molecule has 0 radical (unpaired) electrons. The fourth-order valence-electron chi connectivity index (χ4n) is 8.46. The minimum atomic E-state index is -5.00. The largest absolute Gasteiger partial charge is 0.481 e. The summed E-state index contributed by atoms with van der Waals surface area (Å²) in [6, 6.07) is 5.19. The van der Waals surface area contributed by atoms with Gasteiger partial charge in [0.05, 0.1) is 22.9 Å². The summed E-state index contributed by atoms with van der Waals surface area (Å²) in [7, 11) is 3.21. The van der Waals surface area contributed by atoms with E-state index in [9.17, 15) is 10.1 Å². The zero-order chi connectivity index (χ0) is 46.6. The van der Waals surface area contributed by atoms with E-state index < -0.39 is 29.0 Å². The fraction of sp³-hybridized carbons (Fsp3) is 0.580. The first-order chi connectivity index (χ1) is 29.2. The van der Waals surface area contributed by atoms with Crippen LogP contribution in [0.5, 0.6) is 0 Å². The monoisotopic (exact) mass is 885 g/mol. The van der Waals surface area contributed by atoms with Crippen molar-refractivity contribution in [2.75, 3.05) is 27.2 Å². The molecule has 0 saturated carbocycles. The predicted octanol–water partition coefficient (Wildman–Crippen LogP) is 14.3. The van der Waals surface area contributed by atoms with Crippen LogP contribution in [-0.2, 0) is 9.53 Å². The number of ketones is 1. The van der Waals surface area contributed by atoms with Gasteiger partial charge in [0.25, 0.3) is 0 Å². The van der Waals surface area contributed by atoms with Crippen LogP contribution in [0.15, 0.2) is 70.5 Å². The third kappa shape index (κ3) is 12.8. The highest BCUT2D eigenvalue weighted by molar-refractivity contribution is 7.19. The van der Waals surface area contributed by atoms with Crippen LogP contribution in [0.2, 0.25) is 0 Å². The highest BCUT2D eigenvalue weighted by Gasteiger charge is 2.44. The molecule has 2 aliphatic heterocycles. The number of carbonyl (C=O) groups excluding carboxylic acids is 1. The normalized spacial score (nSPS) is 21.0. The molecule has 62 heavy (non-hydrogen) atoms. The van der Waals surface area contributed by atoms with Crippen molar-refractivity contribution in [2.24, 2.45) is 22.7 Å². The van der Waals surface area contributed by atoms with Gasteiger partial charge in [0, 0.05) is 52.8 Å². The van der Waals surface area contributed by atoms with Gasteiger partial charge in [0.1, 0.15) is 17.6 Å². The Morgan fingerprint density at radius 2 is 1.79 bits per heavy atom. The van der Waals surface area contributed by atoms with Gasteiger partial charge >= 0.3 is 6.18 Å². The molecule has 1 aliphatic carbocycles. The molecule has 12 heteroatoms. The molecule has 3 heterocycles. The van der Waals surface area contributed by atoms with Gasteiger partial charge in [0.15, 0.2) is 11.6 Å². The number of methoxy groups -OCH3 is 1. The molecular weight excluding hydrogens is 816 g/mol. The number of alkyl halides is 3. The van der Waals surface area contributed by atoms with Crippen molar-refractivity contribution in [3.63, 3.8) is 0 Å². The van der Waals surface area contributed by atoms with Gasteiger partial charge < -0.3 is 14.5 Å². The first-order valence-corrected chi connectivity index (χ1v) is 23.0. The molecule has 342 valence electrons. The number of aliphatic imine (C=N–C) groups is 1. The van der Waals surface area contributed by atoms with Crippen LogP contribution in [0.4, 0.5) is 22.0 Å². The van der Waals surface area contributed by atoms with Crippen molar-refractivity contribution < 1.29 is 31.5 Å². The van der Waals surface area contributed by atoms with E-state index in [-0.39, 0.29) is 62.0 Å². The molecule has 1 aromatic heterocycles. The lowest BCUT2D eigenvalue weighted by atomic mass is 9.83. The van der Waals surface area contributed by atoms with E-state index in [2.05, 4.69) is 57.2 Å². The number of carbonyl (C=O) groups is 1. The predicted molar refractivity (Wildman–Crippen MR) is 247 cm³/mol. The average molecular weight is 885 g/mol. The van der Waals surface area contributed by atoms with Crippen LogP contribution in [0.3, 0.4) is 0 Å². The summed E-state index contributed by atoms with van der Waals surface area (Å²) in [6.45, 7) is 25.5. The fourth-order valence-corrected chi connectivity index (χ4v) is 9.64. The SMILES string of the molecule is C=CC(C)=O.CC/C=C(/N=C1/C(F)=C(c2ccc(F)c3sc(C(C)C)c(C#N)c23)C(C(F)(F)F)=C/C1=C(/C)N(C)C(CCC(C)CC)[C@H](C)CC)OC.C[C@@H]1CC2CCCN2C1. The van der Waals surface area contributed by atoms with Crippen LogP contribution < -0.4 is 0 Å². The quantitative estimate of drug-likeness (QED) is 0.107. The van der Waals surface area contributed by atoms with E-state index in [1.165, 1.54) is 52.5 Å².